The minimum absolute atomic E-state index is 0.260. The lowest BCUT2D eigenvalue weighted by Crippen LogP contribution is -2.52. The summed E-state index contributed by atoms with van der Waals surface area (Å²) in [6.07, 6.45) is 3.27. The number of amides is 1. The number of hydrogen-bond acceptors (Lipinski definition) is 5. The zero-order chi connectivity index (χ0) is 22.5. The summed E-state index contributed by atoms with van der Waals surface area (Å²) in [4.78, 5) is 20.3. The molecule has 0 aromatic carbocycles. The molecule has 2 rings (SSSR count). The molecule has 1 N–H and O–H groups in total. The summed E-state index contributed by atoms with van der Waals surface area (Å²) >= 11 is 0. The molecule has 1 amide bonds. The van der Waals surface area contributed by atoms with Crippen LogP contribution in [0.5, 0.6) is 5.75 Å². The molecule has 30 heavy (non-hydrogen) atoms. The van der Waals surface area contributed by atoms with Crippen molar-refractivity contribution < 1.29 is 18.7 Å². The van der Waals surface area contributed by atoms with Crippen LogP contribution in [-0.4, -0.2) is 33.8 Å². The largest absolute Gasteiger partial charge is 0.489 e. The first-order valence-electron chi connectivity index (χ1n) is 10.1. The number of alkyl carbamates (subject to hydrolysis) is 1. The van der Waals surface area contributed by atoms with Crippen molar-refractivity contribution in [1.29, 1.82) is 0 Å². The van der Waals surface area contributed by atoms with Crippen LogP contribution in [0.25, 0.3) is 11.3 Å². The molecule has 0 bridgehead atoms. The van der Waals surface area contributed by atoms with Crippen molar-refractivity contribution >= 4 is 6.09 Å². The Bertz CT molecular complexity index is 880. The van der Waals surface area contributed by atoms with E-state index in [0.717, 1.165) is 5.56 Å². The van der Waals surface area contributed by atoms with Crippen molar-refractivity contribution in [3.05, 3.63) is 42.1 Å². The van der Waals surface area contributed by atoms with Gasteiger partial charge in [0.05, 0.1) is 17.4 Å². The lowest BCUT2D eigenvalue weighted by Gasteiger charge is -2.33. The highest BCUT2D eigenvalue weighted by Gasteiger charge is 2.31. The van der Waals surface area contributed by atoms with Gasteiger partial charge >= 0.3 is 6.09 Å². The van der Waals surface area contributed by atoms with E-state index in [0.29, 0.717) is 29.3 Å². The number of rotatable bonds is 7. The molecule has 0 fully saturated rings. The Balaban J connectivity index is 2.13. The van der Waals surface area contributed by atoms with Crippen LogP contribution in [0.3, 0.4) is 0 Å². The van der Waals surface area contributed by atoms with Crippen LogP contribution in [-0.2, 0) is 4.74 Å². The van der Waals surface area contributed by atoms with Crippen LogP contribution in [0.4, 0.5) is 9.18 Å². The van der Waals surface area contributed by atoms with E-state index in [-0.39, 0.29) is 6.61 Å². The third-order valence-corrected chi connectivity index (χ3v) is 4.29. The number of ether oxygens (including phenoxy) is 2. The van der Waals surface area contributed by atoms with E-state index in [1.807, 2.05) is 40.7 Å². The van der Waals surface area contributed by atoms with Gasteiger partial charge < -0.3 is 14.8 Å². The molecule has 0 unspecified atom stereocenters. The van der Waals surface area contributed by atoms with Gasteiger partial charge in [-0.1, -0.05) is 13.8 Å². The maximum absolute atomic E-state index is 13.4. The number of nitrogens with one attached hydrogen (secondary N) is 1. The number of carbonyl (C=O) groups excluding carboxylic acids is 1. The Morgan fingerprint density at radius 1 is 1.20 bits per heavy atom. The number of pyridine rings is 2. The molecule has 0 aliphatic heterocycles. The molecule has 6 nitrogen and oxygen atoms in total. The molecule has 0 aliphatic carbocycles. The average Bonchev–Trinajstić information content (AvgIpc) is 2.58. The van der Waals surface area contributed by atoms with Gasteiger partial charge in [0.25, 0.3) is 0 Å². The minimum Gasteiger partial charge on any atom is -0.489 e. The molecule has 0 saturated carbocycles. The van der Waals surface area contributed by atoms with Crippen LogP contribution in [0.2, 0.25) is 0 Å². The molecule has 1 atom stereocenters. The second-order valence-corrected chi connectivity index (χ2v) is 9.28. The highest BCUT2D eigenvalue weighted by Crippen LogP contribution is 2.26. The van der Waals surface area contributed by atoms with Gasteiger partial charge in [0, 0.05) is 17.8 Å². The molecule has 0 aliphatic rings. The third kappa shape index (κ3) is 7.28. The number of hydrogen-bond donors (Lipinski definition) is 1. The number of halogens is 1. The Morgan fingerprint density at radius 2 is 1.90 bits per heavy atom. The first kappa shape index (κ1) is 23.6. The van der Waals surface area contributed by atoms with Gasteiger partial charge in [-0.15, -0.1) is 0 Å². The number of nitrogens with zero attached hydrogens (tertiary/aromatic N) is 2. The van der Waals surface area contributed by atoms with Crippen LogP contribution < -0.4 is 10.1 Å². The fraction of sp³-hybridized carbons (Fsp3) is 0.522. The van der Waals surface area contributed by atoms with Crippen LogP contribution in [0.15, 0.2) is 30.6 Å². The van der Waals surface area contributed by atoms with Gasteiger partial charge in [-0.3, -0.25) is 4.98 Å². The first-order chi connectivity index (χ1) is 13.9. The smallest absolute Gasteiger partial charge is 0.408 e. The van der Waals surface area contributed by atoms with Gasteiger partial charge in [-0.2, -0.15) is 4.39 Å². The van der Waals surface area contributed by atoms with Crippen molar-refractivity contribution in [2.45, 2.75) is 66.0 Å². The van der Waals surface area contributed by atoms with Gasteiger partial charge in [0.1, 0.15) is 18.0 Å². The van der Waals surface area contributed by atoms with Gasteiger partial charge in [0.2, 0.25) is 5.95 Å². The van der Waals surface area contributed by atoms with Gasteiger partial charge in [-0.05, 0) is 64.7 Å². The molecular formula is C23H32FN3O3. The van der Waals surface area contributed by atoms with E-state index in [9.17, 15) is 9.18 Å². The zero-order valence-corrected chi connectivity index (χ0v) is 18.9. The number of aryl methyl sites for hydroxylation is 1. The fourth-order valence-electron chi connectivity index (χ4n) is 3.25. The molecule has 164 valence electrons. The maximum Gasteiger partial charge on any atom is 0.408 e. The quantitative estimate of drug-likeness (QED) is 0.619. The van der Waals surface area contributed by atoms with E-state index < -0.39 is 23.2 Å². The summed E-state index contributed by atoms with van der Waals surface area (Å²) < 4.78 is 24.8. The van der Waals surface area contributed by atoms with Crippen LogP contribution in [0, 0.1) is 18.8 Å². The summed E-state index contributed by atoms with van der Waals surface area (Å²) in [7, 11) is 0. The molecular weight excluding hydrogens is 385 g/mol. The summed E-state index contributed by atoms with van der Waals surface area (Å²) in [5.74, 6) is 0.399. The number of carbonyl (C=O) groups is 1. The molecule has 7 heteroatoms. The normalized spacial score (nSPS) is 13.6. The Labute approximate surface area is 178 Å². The summed E-state index contributed by atoms with van der Waals surface area (Å²) in [5, 5.41) is 2.96. The van der Waals surface area contributed by atoms with Crippen molar-refractivity contribution in [2.24, 2.45) is 5.92 Å². The van der Waals surface area contributed by atoms with E-state index in [1.54, 1.807) is 12.3 Å². The molecule has 2 aromatic heterocycles. The van der Waals surface area contributed by atoms with Crippen LogP contribution in [0.1, 0.15) is 53.5 Å². The molecule has 0 saturated heterocycles. The number of aromatic nitrogens is 2. The summed E-state index contributed by atoms with van der Waals surface area (Å²) in [5.41, 5.74) is 0.954. The van der Waals surface area contributed by atoms with Crippen molar-refractivity contribution in [2.75, 3.05) is 6.61 Å². The third-order valence-electron chi connectivity index (χ3n) is 4.29. The molecule has 0 spiro atoms. The standard InChI is InChI=1S/C23H32FN3O3/c1-15(2)12-23(7,27-21(28)30-22(4,5)6)14-29-19-13-26-18(10-16(19)3)17-8-9-25-20(24)11-17/h8-11,13,15H,12,14H2,1-7H3,(H,27,28)/t23-/m0/s1. The van der Waals surface area contributed by atoms with E-state index in [1.165, 1.54) is 12.3 Å². The second kappa shape index (κ2) is 9.41. The Morgan fingerprint density at radius 3 is 2.47 bits per heavy atom. The lowest BCUT2D eigenvalue weighted by atomic mass is 9.91. The molecule has 2 aromatic rings. The summed E-state index contributed by atoms with van der Waals surface area (Å²) in [6.45, 7) is 13.8. The van der Waals surface area contributed by atoms with Crippen molar-refractivity contribution in [3.8, 4) is 17.0 Å². The maximum atomic E-state index is 13.4. The average molecular weight is 418 g/mol. The van der Waals surface area contributed by atoms with Gasteiger partial charge in [-0.25, -0.2) is 9.78 Å². The highest BCUT2D eigenvalue weighted by atomic mass is 19.1. The summed E-state index contributed by atoms with van der Waals surface area (Å²) in [6, 6.07) is 4.88. The predicted octanol–water partition coefficient (Wildman–Crippen LogP) is 5.30. The molecule has 2 heterocycles. The van der Waals surface area contributed by atoms with Gasteiger partial charge in [0.15, 0.2) is 0 Å². The fourth-order valence-corrected chi connectivity index (χ4v) is 3.25. The second-order valence-electron chi connectivity index (χ2n) is 9.28. The van der Waals surface area contributed by atoms with Crippen molar-refractivity contribution in [1.82, 2.24) is 15.3 Å². The van der Waals surface area contributed by atoms with E-state index >= 15 is 0 Å². The van der Waals surface area contributed by atoms with Crippen molar-refractivity contribution in [3.63, 3.8) is 0 Å². The minimum atomic E-state index is -0.615. The monoisotopic (exact) mass is 417 g/mol. The lowest BCUT2D eigenvalue weighted by molar-refractivity contribution is 0.0407. The van der Waals surface area contributed by atoms with Crippen LogP contribution >= 0.6 is 0 Å². The topological polar surface area (TPSA) is 73.3 Å². The predicted molar refractivity (Wildman–Crippen MR) is 115 cm³/mol. The van der Waals surface area contributed by atoms with E-state index in [2.05, 4.69) is 29.1 Å². The Hall–Kier alpha value is -2.70. The molecule has 0 radical (unpaired) electrons. The first-order valence-corrected chi connectivity index (χ1v) is 10.1. The SMILES string of the molecule is Cc1cc(-c2ccnc(F)c2)ncc1OC[C@](C)(CC(C)C)NC(=O)OC(C)(C)C. The Kier molecular flexibility index (Phi) is 7.39. The van der Waals surface area contributed by atoms with E-state index in [4.69, 9.17) is 9.47 Å². The zero-order valence-electron chi connectivity index (χ0n) is 18.9. The highest BCUT2D eigenvalue weighted by molar-refractivity contribution is 5.68.